The van der Waals surface area contributed by atoms with Gasteiger partial charge in [-0.05, 0) is 49.3 Å². The van der Waals surface area contributed by atoms with E-state index in [9.17, 15) is 5.11 Å². The van der Waals surface area contributed by atoms with Crippen LogP contribution in [0.5, 0.6) is 5.75 Å². The lowest BCUT2D eigenvalue weighted by molar-refractivity contribution is 0.0170. The van der Waals surface area contributed by atoms with Crippen molar-refractivity contribution in [1.29, 1.82) is 0 Å². The molecule has 0 amide bonds. The molecule has 7 heteroatoms. The number of guanidine groups is 1. The third-order valence-corrected chi connectivity index (χ3v) is 5.64. The highest BCUT2D eigenvalue weighted by molar-refractivity contribution is 5.79. The molecule has 1 aromatic rings. The maximum absolute atomic E-state index is 9.40. The zero-order valence-electron chi connectivity index (χ0n) is 19.8. The summed E-state index contributed by atoms with van der Waals surface area (Å²) in [6, 6.07) is 8.55. The average Bonchev–Trinajstić information content (AvgIpc) is 2.78. The van der Waals surface area contributed by atoms with E-state index >= 15 is 0 Å². The minimum atomic E-state index is 0.216. The summed E-state index contributed by atoms with van der Waals surface area (Å²) < 4.78 is 10.9. The Bertz CT molecular complexity index is 630. The average molecular weight is 435 g/mol. The Morgan fingerprint density at radius 1 is 1.19 bits per heavy atom. The van der Waals surface area contributed by atoms with Crippen molar-refractivity contribution < 1.29 is 14.6 Å². The Kier molecular flexibility index (Phi) is 11.7. The molecule has 0 aliphatic carbocycles. The first-order valence-electron chi connectivity index (χ1n) is 11.7. The van der Waals surface area contributed by atoms with E-state index in [0.717, 1.165) is 70.5 Å². The highest BCUT2D eigenvalue weighted by atomic mass is 16.5. The van der Waals surface area contributed by atoms with Gasteiger partial charge in [-0.25, -0.2) is 0 Å². The Hall–Kier alpha value is -1.83. The van der Waals surface area contributed by atoms with Crippen LogP contribution in [0.15, 0.2) is 29.3 Å². The molecule has 1 aliphatic heterocycles. The van der Waals surface area contributed by atoms with Crippen LogP contribution in [-0.4, -0.2) is 75.6 Å². The number of aliphatic imine (C=N–C) groups is 1. The number of benzene rings is 1. The van der Waals surface area contributed by atoms with Crippen molar-refractivity contribution in [1.82, 2.24) is 15.5 Å². The summed E-state index contributed by atoms with van der Waals surface area (Å²) in [7, 11) is 1.69. The summed E-state index contributed by atoms with van der Waals surface area (Å²) in [6.45, 7) is 12.4. The van der Waals surface area contributed by atoms with Crippen LogP contribution in [0.25, 0.3) is 0 Å². The molecule has 1 fully saturated rings. The van der Waals surface area contributed by atoms with Gasteiger partial charge in [0.2, 0.25) is 0 Å². The first kappa shape index (κ1) is 25.4. The fourth-order valence-electron chi connectivity index (χ4n) is 4.06. The van der Waals surface area contributed by atoms with Crippen LogP contribution in [0.3, 0.4) is 0 Å². The molecule has 3 N–H and O–H groups in total. The Balaban J connectivity index is 2.09. The molecule has 1 saturated heterocycles. The molecule has 7 nitrogen and oxygen atoms in total. The van der Waals surface area contributed by atoms with Crippen LogP contribution in [-0.2, 0) is 4.74 Å². The summed E-state index contributed by atoms with van der Waals surface area (Å²) in [6.07, 6.45) is 1.87. The van der Waals surface area contributed by atoms with Crippen molar-refractivity contribution in [3.8, 4) is 5.75 Å². The van der Waals surface area contributed by atoms with Crippen LogP contribution < -0.4 is 15.4 Å². The van der Waals surface area contributed by atoms with Crippen molar-refractivity contribution in [2.45, 2.75) is 39.7 Å². The molecule has 0 aromatic heterocycles. The summed E-state index contributed by atoms with van der Waals surface area (Å²) in [5, 5.41) is 16.3. The number of methoxy groups -OCH3 is 1. The van der Waals surface area contributed by atoms with Crippen LogP contribution >= 0.6 is 0 Å². The van der Waals surface area contributed by atoms with Crippen molar-refractivity contribution in [3.63, 3.8) is 0 Å². The quantitative estimate of drug-likeness (QED) is 0.347. The van der Waals surface area contributed by atoms with Gasteiger partial charge in [0.15, 0.2) is 5.96 Å². The maximum atomic E-state index is 9.40. The normalized spacial score (nSPS) is 17.4. The zero-order chi connectivity index (χ0) is 22.5. The number of aliphatic hydroxyl groups excluding tert-OH is 1. The van der Waals surface area contributed by atoms with Gasteiger partial charge in [0, 0.05) is 39.3 Å². The standard InChI is InChI=1S/C24H42N4O3/c1-5-25-24(26-17-20(10-13-29)16-19(2)3)27-18-23(28-11-14-31-15-12-28)21-6-8-22(30-4)9-7-21/h6-9,19-20,23,29H,5,10-18H2,1-4H3,(H2,25,26,27). The molecule has 0 spiro atoms. The largest absolute Gasteiger partial charge is 0.497 e. The van der Waals surface area contributed by atoms with E-state index in [1.807, 2.05) is 12.1 Å². The number of rotatable bonds is 12. The van der Waals surface area contributed by atoms with Crippen LogP contribution in [0.4, 0.5) is 0 Å². The number of morpholine rings is 1. The summed E-state index contributed by atoms with van der Waals surface area (Å²) in [5.41, 5.74) is 1.25. The second-order valence-electron chi connectivity index (χ2n) is 8.55. The van der Waals surface area contributed by atoms with E-state index in [1.54, 1.807) is 7.11 Å². The molecule has 1 heterocycles. The Morgan fingerprint density at radius 3 is 2.48 bits per heavy atom. The molecule has 0 bridgehead atoms. The topological polar surface area (TPSA) is 78.4 Å². The van der Waals surface area contributed by atoms with Gasteiger partial charge in [0.1, 0.15) is 5.75 Å². The van der Waals surface area contributed by atoms with Crippen molar-refractivity contribution in [2.75, 3.05) is 59.7 Å². The lowest BCUT2D eigenvalue weighted by Gasteiger charge is -2.35. The van der Waals surface area contributed by atoms with Gasteiger partial charge in [-0.2, -0.15) is 0 Å². The molecule has 1 aliphatic rings. The number of ether oxygens (including phenoxy) is 2. The van der Waals surface area contributed by atoms with Crippen LogP contribution in [0, 0.1) is 11.8 Å². The van der Waals surface area contributed by atoms with E-state index in [1.165, 1.54) is 5.56 Å². The van der Waals surface area contributed by atoms with Crippen LogP contribution in [0.1, 0.15) is 45.2 Å². The van der Waals surface area contributed by atoms with Crippen molar-refractivity contribution >= 4 is 5.96 Å². The predicted molar refractivity (Wildman–Crippen MR) is 127 cm³/mol. The highest BCUT2D eigenvalue weighted by Crippen LogP contribution is 2.23. The molecule has 2 unspecified atom stereocenters. The lowest BCUT2D eigenvalue weighted by Crippen LogP contribution is -2.46. The molecule has 1 aromatic carbocycles. The molecule has 176 valence electrons. The second kappa shape index (κ2) is 14.3. The van der Waals surface area contributed by atoms with Crippen molar-refractivity contribution in [2.24, 2.45) is 16.8 Å². The number of hydrogen-bond donors (Lipinski definition) is 3. The van der Waals surface area contributed by atoms with Gasteiger partial charge in [-0.1, -0.05) is 26.0 Å². The molecule has 0 saturated carbocycles. The van der Waals surface area contributed by atoms with Gasteiger partial charge in [0.05, 0.1) is 26.4 Å². The smallest absolute Gasteiger partial charge is 0.191 e. The van der Waals surface area contributed by atoms with Gasteiger partial charge in [-0.15, -0.1) is 0 Å². The summed E-state index contributed by atoms with van der Waals surface area (Å²) in [4.78, 5) is 7.31. The zero-order valence-corrected chi connectivity index (χ0v) is 19.8. The van der Waals surface area contributed by atoms with E-state index in [0.29, 0.717) is 11.8 Å². The number of aliphatic hydroxyl groups is 1. The second-order valence-corrected chi connectivity index (χ2v) is 8.55. The van der Waals surface area contributed by atoms with Gasteiger partial charge in [0.25, 0.3) is 0 Å². The third-order valence-electron chi connectivity index (χ3n) is 5.64. The number of hydrogen-bond acceptors (Lipinski definition) is 5. The SMILES string of the molecule is CCNC(=NCC(CCO)CC(C)C)NCC(c1ccc(OC)cc1)N1CCOCC1. The maximum Gasteiger partial charge on any atom is 0.191 e. The Morgan fingerprint density at radius 2 is 1.90 bits per heavy atom. The number of nitrogens with zero attached hydrogens (tertiary/aromatic N) is 2. The minimum Gasteiger partial charge on any atom is -0.497 e. The van der Waals surface area contributed by atoms with Gasteiger partial charge in [-0.3, -0.25) is 9.89 Å². The molecule has 31 heavy (non-hydrogen) atoms. The van der Waals surface area contributed by atoms with E-state index in [4.69, 9.17) is 14.5 Å². The summed E-state index contributed by atoms with van der Waals surface area (Å²) >= 11 is 0. The molecule has 2 rings (SSSR count). The third kappa shape index (κ3) is 9.05. The fraction of sp³-hybridized carbons (Fsp3) is 0.708. The van der Waals surface area contributed by atoms with Gasteiger partial charge < -0.3 is 25.2 Å². The van der Waals surface area contributed by atoms with Crippen LogP contribution in [0.2, 0.25) is 0 Å². The van der Waals surface area contributed by atoms with E-state index < -0.39 is 0 Å². The number of nitrogens with one attached hydrogen (secondary N) is 2. The van der Waals surface area contributed by atoms with E-state index in [-0.39, 0.29) is 12.6 Å². The van der Waals surface area contributed by atoms with E-state index in [2.05, 4.69) is 48.4 Å². The Labute approximate surface area is 188 Å². The first-order valence-corrected chi connectivity index (χ1v) is 11.7. The summed E-state index contributed by atoms with van der Waals surface area (Å²) in [5.74, 6) is 2.70. The highest BCUT2D eigenvalue weighted by Gasteiger charge is 2.23. The fourth-order valence-corrected chi connectivity index (χ4v) is 4.06. The molecular weight excluding hydrogens is 392 g/mol. The molecule has 2 atom stereocenters. The predicted octanol–water partition coefficient (Wildman–Crippen LogP) is 2.67. The first-order chi connectivity index (χ1) is 15.1. The monoisotopic (exact) mass is 434 g/mol. The molecule has 0 radical (unpaired) electrons. The molecular formula is C24H42N4O3. The van der Waals surface area contributed by atoms with Crippen molar-refractivity contribution in [3.05, 3.63) is 29.8 Å². The lowest BCUT2D eigenvalue weighted by atomic mass is 9.94. The van der Waals surface area contributed by atoms with Gasteiger partial charge >= 0.3 is 0 Å². The minimum absolute atomic E-state index is 0.216.